The van der Waals surface area contributed by atoms with Crippen LogP contribution in [0.3, 0.4) is 0 Å². The molecule has 1 heterocycles. The van der Waals surface area contributed by atoms with Crippen molar-refractivity contribution in [3.63, 3.8) is 0 Å². The summed E-state index contributed by atoms with van der Waals surface area (Å²) in [4.78, 5) is 28.1. The van der Waals surface area contributed by atoms with E-state index in [4.69, 9.17) is 0 Å². The normalized spacial score (nSPS) is 18.3. The highest BCUT2D eigenvalue weighted by Gasteiger charge is 2.58. The van der Waals surface area contributed by atoms with Crippen molar-refractivity contribution in [2.45, 2.75) is 38.6 Å². The fourth-order valence-corrected chi connectivity index (χ4v) is 4.07. The summed E-state index contributed by atoms with van der Waals surface area (Å²) in [6.45, 7) is 6.23. The van der Waals surface area contributed by atoms with E-state index < -0.39 is 5.54 Å². The van der Waals surface area contributed by atoms with Crippen molar-refractivity contribution in [3.8, 4) is 0 Å². The minimum Gasteiger partial charge on any atom is -0.323 e. The molecule has 0 spiro atoms. The Morgan fingerprint density at radius 1 is 0.933 bits per heavy atom. The van der Waals surface area contributed by atoms with E-state index in [9.17, 15) is 9.59 Å². The molecule has 30 heavy (non-hydrogen) atoms. The van der Waals surface area contributed by atoms with E-state index in [0.29, 0.717) is 5.92 Å². The number of rotatable bonds is 5. The fraction of sp³-hybridized carbons (Fsp3) is 0.231. The quantitative estimate of drug-likeness (QED) is 0.586. The first-order chi connectivity index (χ1) is 14.4. The third-order valence-electron chi connectivity index (χ3n) is 5.88. The lowest BCUT2D eigenvalue weighted by atomic mass is 9.75. The molecular weight excluding hydrogens is 372 g/mol. The maximum atomic E-state index is 13.7. The molecule has 0 radical (unpaired) electrons. The van der Waals surface area contributed by atoms with Gasteiger partial charge in [-0.15, -0.1) is 0 Å². The van der Waals surface area contributed by atoms with Crippen LogP contribution in [0.5, 0.6) is 0 Å². The first kappa shape index (κ1) is 19.9. The van der Waals surface area contributed by atoms with E-state index in [1.54, 1.807) is 4.90 Å². The van der Waals surface area contributed by atoms with E-state index >= 15 is 0 Å². The summed E-state index contributed by atoms with van der Waals surface area (Å²) in [7, 11) is 0. The molecule has 4 nitrogen and oxygen atoms in total. The van der Waals surface area contributed by atoms with Gasteiger partial charge >= 0.3 is 0 Å². The Labute approximate surface area is 177 Å². The highest BCUT2D eigenvalue weighted by Crippen LogP contribution is 2.46. The van der Waals surface area contributed by atoms with Crippen molar-refractivity contribution >= 4 is 23.2 Å². The minimum atomic E-state index is -1.07. The van der Waals surface area contributed by atoms with Gasteiger partial charge in [0.2, 0.25) is 5.91 Å². The molecule has 1 aliphatic heterocycles. The molecule has 3 aromatic carbocycles. The summed E-state index contributed by atoms with van der Waals surface area (Å²) in [5.74, 6) is 0.135. The van der Waals surface area contributed by atoms with Crippen LogP contribution in [-0.2, 0) is 15.1 Å². The number of hydrogen-bond donors (Lipinski definition) is 1. The molecule has 0 aromatic heterocycles. The van der Waals surface area contributed by atoms with Crippen molar-refractivity contribution in [1.82, 2.24) is 0 Å². The zero-order valence-corrected chi connectivity index (χ0v) is 17.6. The van der Waals surface area contributed by atoms with E-state index in [1.165, 1.54) is 5.56 Å². The van der Waals surface area contributed by atoms with Gasteiger partial charge < -0.3 is 5.32 Å². The van der Waals surface area contributed by atoms with Crippen LogP contribution in [0.4, 0.5) is 11.4 Å². The van der Waals surface area contributed by atoms with Gasteiger partial charge in [-0.2, -0.15) is 0 Å². The zero-order chi connectivity index (χ0) is 21.3. The number of hydrogen-bond acceptors (Lipinski definition) is 2. The number of carbonyl (C=O) groups is 2. The summed E-state index contributed by atoms with van der Waals surface area (Å²) >= 11 is 0. The van der Waals surface area contributed by atoms with Crippen LogP contribution < -0.4 is 10.2 Å². The van der Waals surface area contributed by atoms with Gasteiger partial charge in [0, 0.05) is 11.4 Å². The Balaban J connectivity index is 1.80. The van der Waals surface area contributed by atoms with Crippen molar-refractivity contribution < 1.29 is 9.59 Å². The number of β-lactam (4-membered cyclic amide) rings is 1. The topological polar surface area (TPSA) is 49.4 Å². The molecule has 3 aromatic rings. The molecule has 4 rings (SSSR count). The Kier molecular flexibility index (Phi) is 5.17. The van der Waals surface area contributed by atoms with Crippen LogP contribution in [0.15, 0.2) is 78.9 Å². The SMILES string of the molecule is Cc1ccccc1NC(=O)[C@@]1(c2ccc(C(C)C)cc2)CC(=O)N1c1ccccc1. The molecule has 1 saturated heterocycles. The summed E-state index contributed by atoms with van der Waals surface area (Å²) in [5.41, 5.74) is 3.41. The van der Waals surface area contributed by atoms with Crippen LogP contribution in [0.1, 0.15) is 42.9 Å². The molecule has 2 amide bonds. The Morgan fingerprint density at radius 2 is 1.57 bits per heavy atom. The first-order valence-electron chi connectivity index (χ1n) is 10.3. The second-order valence-electron chi connectivity index (χ2n) is 8.15. The number of nitrogens with one attached hydrogen (secondary N) is 1. The Hall–Kier alpha value is -3.40. The molecule has 4 heteroatoms. The molecule has 0 aliphatic carbocycles. The number of benzene rings is 3. The van der Waals surface area contributed by atoms with Crippen LogP contribution >= 0.6 is 0 Å². The predicted molar refractivity (Wildman–Crippen MR) is 121 cm³/mol. The van der Waals surface area contributed by atoms with E-state index in [2.05, 4.69) is 31.3 Å². The van der Waals surface area contributed by atoms with Gasteiger partial charge in [-0.05, 0) is 47.7 Å². The number of carbonyl (C=O) groups excluding carboxylic acids is 2. The van der Waals surface area contributed by atoms with Gasteiger partial charge in [0.1, 0.15) is 0 Å². The Bertz CT molecular complexity index is 1070. The molecule has 152 valence electrons. The van der Waals surface area contributed by atoms with E-state index in [-0.39, 0.29) is 18.2 Å². The molecule has 1 N–H and O–H groups in total. The summed E-state index contributed by atoms with van der Waals surface area (Å²) in [5, 5.41) is 3.08. The monoisotopic (exact) mass is 398 g/mol. The second-order valence-corrected chi connectivity index (χ2v) is 8.15. The van der Waals surface area contributed by atoms with E-state index in [0.717, 1.165) is 22.5 Å². The number of nitrogens with zero attached hydrogens (tertiary/aromatic N) is 1. The number of amides is 2. The van der Waals surface area contributed by atoms with Gasteiger partial charge in [0.05, 0.1) is 6.42 Å². The average molecular weight is 399 g/mol. The van der Waals surface area contributed by atoms with Gasteiger partial charge in [0.15, 0.2) is 5.54 Å². The number of para-hydroxylation sites is 2. The predicted octanol–water partition coefficient (Wildman–Crippen LogP) is 5.39. The molecular formula is C26H26N2O2. The molecule has 1 aliphatic rings. The number of aryl methyl sites for hydroxylation is 1. The van der Waals surface area contributed by atoms with Crippen molar-refractivity contribution in [1.29, 1.82) is 0 Å². The summed E-state index contributed by atoms with van der Waals surface area (Å²) in [6.07, 6.45) is 0.140. The van der Waals surface area contributed by atoms with Gasteiger partial charge in [0.25, 0.3) is 5.91 Å². The van der Waals surface area contributed by atoms with Crippen LogP contribution in [0.2, 0.25) is 0 Å². The highest BCUT2D eigenvalue weighted by atomic mass is 16.2. The molecule has 0 unspecified atom stereocenters. The van der Waals surface area contributed by atoms with Gasteiger partial charge in [-0.1, -0.05) is 74.5 Å². The third-order valence-corrected chi connectivity index (χ3v) is 5.88. The molecule has 0 bridgehead atoms. The van der Waals surface area contributed by atoms with Crippen molar-refractivity contribution in [3.05, 3.63) is 95.6 Å². The van der Waals surface area contributed by atoms with Crippen molar-refractivity contribution in [2.24, 2.45) is 0 Å². The maximum Gasteiger partial charge on any atom is 0.255 e. The molecule has 0 saturated carbocycles. The summed E-state index contributed by atoms with van der Waals surface area (Å²) in [6, 6.07) is 25.2. The third kappa shape index (κ3) is 3.28. The Morgan fingerprint density at radius 3 is 2.17 bits per heavy atom. The summed E-state index contributed by atoms with van der Waals surface area (Å²) < 4.78 is 0. The fourth-order valence-electron chi connectivity index (χ4n) is 4.07. The largest absolute Gasteiger partial charge is 0.323 e. The van der Waals surface area contributed by atoms with Crippen molar-refractivity contribution in [2.75, 3.05) is 10.2 Å². The van der Waals surface area contributed by atoms with Gasteiger partial charge in [-0.3, -0.25) is 14.5 Å². The maximum absolute atomic E-state index is 13.7. The standard InChI is InChI=1S/C26H26N2O2/c1-18(2)20-13-15-21(16-14-20)26(25(30)27-23-12-8-7-9-19(23)3)17-24(29)28(26)22-10-5-4-6-11-22/h4-16,18H,17H2,1-3H3,(H,27,30)/t26-/m0/s1. The first-order valence-corrected chi connectivity index (χ1v) is 10.3. The molecule has 1 fully saturated rings. The smallest absolute Gasteiger partial charge is 0.255 e. The van der Waals surface area contributed by atoms with Crippen LogP contribution in [-0.4, -0.2) is 11.8 Å². The number of anilines is 2. The lowest BCUT2D eigenvalue weighted by molar-refractivity contribution is -0.137. The zero-order valence-electron chi connectivity index (χ0n) is 17.6. The van der Waals surface area contributed by atoms with E-state index in [1.807, 2.05) is 73.7 Å². The van der Waals surface area contributed by atoms with Crippen LogP contribution in [0.25, 0.3) is 0 Å². The minimum absolute atomic E-state index is 0.0610. The second kappa shape index (κ2) is 7.79. The van der Waals surface area contributed by atoms with Crippen LogP contribution in [0, 0.1) is 6.92 Å². The lowest BCUT2D eigenvalue weighted by Crippen LogP contribution is -2.67. The highest BCUT2D eigenvalue weighted by molar-refractivity contribution is 6.17. The lowest BCUT2D eigenvalue weighted by Gasteiger charge is -2.50. The molecule has 1 atom stereocenters. The van der Waals surface area contributed by atoms with Gasteiger partial charge in [-0.25, -0.2) is 0 Å². The average Bonchev–Trinajstić information content (AvgIpc) is 2.74.